The van der Waals surface area contributed by atoms with Gasteiger partial charge in [-0.05, 0) is 48.7 Å². The molecule has 0 unspecified atom stereocenters. The summed E-state index contributed by atoms with van der Waals surface area (Å²) in [7, 11) is -1.69. The summed E-state index contributed by atoms with van der Waals surface area (Å²) < 4.78 is 0. The van der Waals surface area contributed by atoms with Gasteiger partial charge in [0.05, 0.1) is 6.16 Å². The lowest BCUT2D eigenvalue weighted by Crippen LogP contribution is -3.00. The van der Waals surface area contributed by atoms with Gasteiger partial charge in [0.2, 0.25) is 0 Å². The second kappa shape index (κ2) is 17.1. The van der Waals surface area contributed by atoms with Gasteiger partial charge in [-0.25, -0.2) is 0 Å². The molecule has 0 amide bonds. The number of unbranched alkanes of at least 4 members (excludes halogenated alkanes) is 9. The molecule has 0 saturated heterocycles. The first-order valence-corrected chi connectivity index (χ1v) is 15.8. The first-order chi connectivity index (χ1) is 16.8. The molecule has 0 aliphatic rings. The van der Waals surface area contributed by atoms with Crippen LogP contribution >= 0.6 is 7.26 Å². The average molecular weight is 554 g/mol. The van der Waals surface area contributed by atoms with E-state index in [1.165, 1.54) is 92.7 Å². The van der Waals surface area contributed by atoms with Gasteiger partial charge in [-0.3, -0.25) is 0 Å². The zero-order valence-electron chi connectivity index (χ0n) is 22.0. The van der Waals surface area contributed by atoms with Gasteiger partial charge >= 0.3 is 0 Å². The summed E-state index contributed by atoms with van der Waals surface area (Å²) >= 11 is 0. The molecule has 3 aromatic carbocycles. The third-order valence-corrected chi connectivity index (χ3v) is 11.9. The van der Waals surface area contributed by atoms with E-state index >= 15 is 0 Å². The van der Waals surface area contributed by atoms with Crippen molar-refractivity contribution in [2.45, 2.75) is 84.5 Å². The van der Waals surface area contributed by atoms with Crippen LogP contribution in [0.1, 0.15) is 84.5 Å². The maximum absolute atomic E-state index is 2.50. The first-order valence-electron chi connectivity index (χ1n) is 13.8. The van der Waals surface area contributed by atoms with Crippen LogP contribution in [0.4, 0.5) is 0 Å². The molecule has 0 bridgehead atoms. The molecule has 0 spiro atoms. The monoisotopic (exact) mass is 552 g/mol. The number of halogens is 1. The molecule has 0 aliphatic carbocycles. The lowest BCUT2D eigenvalue weighted by molar-refractivity contribution is -0.00000708. The van der Waals surface area contributed by atoms with Crippen LogP contribution in [0.25, 0.3) is 0 Å². The van der Waals surface area contributed by atoms with Gasteiger partial charge in [-0.1, -0.05) is 133 Å². The summed E-state index contributed by atoms with van der Waals surface area (Å²) in [5.41, 5.74) is 0. The molecule has 190 valence electrons. The third-order valence-electron chi connectivity index (χ3n) is 7.23. The van der Waals surface area contributed by atoms with E-state index in [1.807, 2.05) is 0 Å². The lowest BCUT2D eigenvalue weighted by atomic mass is 10.0. The van der Waals surface area contributed by atoms with Crippen molar-refractivity contribution < 1.29 is 17.0 Å². The number of hydrogen-bond acceptors (Lipinski definition) is 0. The Hall–Kier alpha value is -1.43. The van der Waals surface area contributed by atoms with Crippen molar-refractivity contribution in [2.24, 2.45) is 5.92 Å². The zero-order valence-corrected chi connectivity index (χ0v) is 24.5. The van der Waals surface area contributed by atoms with Crippen molar-refractivity contribution in [2.75, 3.05) is 6.16 Å². The molecule has 2 heteroatoms. The highest BCUT2D eigenvalue weighted by atomic mass is 79.9. The van der Waals surface area contributed by atoms with Crippen LogP contribution in [-0.4, -0.2) is 6.16 Å². The van der Waals surface area contributed by atoms with Crippen molar-refractivity contribution >= 4 is 23.2 Å². The molecule has 0 radical (unpaired) electrons. The van der Waals surface area contributed by atoms with Gasteiger partial charge in [-0.2, -0.15) is 0 Å². The van der Waals surface area contributed by atoms with Crippen LogP contribution in [0.3, 0.4) is 0 Å². The van der Waals surface area contributed by atoms with Crippen molar-refractivity contribution in [3.63, 3.8) is 0 Å². The van der Waals surface area contributed by atoms with E-state index in [0.29, 0.717) is 5.92 Å². The molecule has 3 aromatic rings. The van der Waals surface area contributed by atoms with E-state index in [1.54, 1.807) is 0 Å². The van der Waals surface area contributed by atoms with Gasteiger partial charge < -0.3 is 17.0 Å². The summed E-state index contributed by atoms with van der Waals surface area (Å²) in [6, 6.07) is 34.1. The topological polar surface area (TPSA) is 0 Å². The minimum atomic E-state index is -1.69. The molecule has 0 fully saturated rings. The standard InChI is InChI=1S/C33H46P.BrH/c1-3-4-5-6-7-8-9-10-11-15-22-30(2)29-34(31-23-16-12-17-24-31,32-25-18-13-19-26-32)33-27-20-14-21-28-33;/h12-14,16-21,23-28,30H,3-11,15,22,29H2,1-2H3;1H/q+1;/p-1/t30-;/m0./s1. The van der Waals surface area contributed by atoms with Gasteiger partial charge in [-0.15, -0.1) is 0 Å². The minimum absolute atomic E-state index is 0. The fourth-order valence-electron chi connectivity index (χ4n) is 5.35. The second-order valence-corrected chi connectivity index (χ2v) is 13.6. The van der Waals surface area contributed by atoms with E-state index in [-0.39, 0.29) is 17.0 Å². The Labute approximate surface area is 227 Å². The maximum atomic E-state index is 2.50. The quantitative estimate of drug-likeness (QED) is 0.152. The highest BCUT2D eigenvalue weighted by molar-refractivity contribution is 7.95. The van der Waals surface area contributed by atoms with Gasteiger partial charge in [0.15, 0.2) is 0 Å². The van der Waals surface area contributed by atoms with E-state index in [4.69, 9.17) is 0 Å². The normalized spacial score (nSPS) is 12.2. The Morgan fingerprint density at radius 1 is 0.514 bits per heavy atom. The Morgan fingerprint density at radius 3 is 1.23 bits per heavy atom. The van der Waals surface area contributed by atoms with Crippen LogP contribution in [0.5, 0.6) is 0 Å². The molecule has 1 atom stereocenters. The Balaban J connectivity index is 0.00000432. The SMILES string of the molecule is CCCCCCCCCCCC[C@H](C)C[P+](c1ccccc1)(c1ccccc1)c1ccccc1.[Br-]. The van der Waals surface area contributed by atoms with E-state index in [0.717, 1.165) is 0 Å². The van der Waals surface area contributed by atoms with Crippen LogP contribution in [0, 0.1) is 5.92 Å². The van der Waals surface area contributed by atoms with Crippen molar-refractivity contribution in [1.29, 1.82) is 0 Å². The largest absolute Gasteiger partial charge is 1.00 e. The second-order valence-electron chi connectivity index (χ2n) is 10.1. The summed E-state index contributed by atoms with van der Waals surface area (Å²) in [4.78, 5) is 0. The van der Waals surface area contributed by atoms with E-state index < -0.39 is 7.26 Å². The summed E-state index contributed by atoms with van der Waals surface area (Å²) in [5.74, 6) is 0.711. The number of benzene rings is 3. The van der Waals surface area contributed by atoms with Crippen molar-refractivity contribution in [1.82, 2.24) is 0 Å². The maximum Gasteiger partial charge on any atom is 0.112 e. The minimum Gasteiger partial charge on any atom is -1.00 e. The highest BCUT2D eigenvalue weighted by Gasteiger charge is 2.45. The Morgan fingerprint density at radius 2 is 0.857 bits per heavy atom. The highest BCUT2D eigenvalue weighted by Crippen LogP contribution is 2.57. The van der Waals surface area contributed by atoms with E-state index in [9.17, 15) is 0 Å². The molecule has 0 N–H and O–H groups in total. The Kier molecular flexibility index (Phi) is 14.6. The predicted molar refractivity (Wildman–Crippen MR) is 156 cm³/mol. The molecule has 35 heavy (non-hydrogen) atoms. The Bertz CT molecular complexity index is 797. The third kappa shape index (κ3) is 9.18. The molecule has 3 rings (SSSR count). The van der Waals surface area contributed by atoms with Crippen molar-refractivity contribution in [3.05, 3.63) is 91.0 Å². The molecule has 0 nitrogen and oxygen atoms in total. The molecule has 0 aromatic heterocycles. The van der Waals surface area contributed by atoms with Gasteiger partial charge in [0.25, 0.3) is 0 Å². The number of hydrogen-bond donors (Lipinski definition) is 0. The summed E-state index contributed by atoms with van der Waals surface area (Å²) in [6.45, 7) is 4.80. The smallest absolute Gasteiger partial charge is 0.112 e. The average Bonchev–Trinajstić information content (AvgIpc) is 2.90. The molecule has 0 aliphatic heterocycles. The zero-order chi connectivity index (χ0) is 23.9. The summed E-state index contributed by atoms with van der Waals surface area (Å²) in [5, 5.41) is 4.55. The molecule has 0 heterocycles. The van der Waals surface area contributed by atoms with E-state index in [2.05, 4.69) is 105 Å². The lowest BCUT2D eigenvalue weighted by Gasteiger charge is -2.30. The van der Waals surface area contributed by atoms with Gasteiger partial charge in [0, 0.05) is 0 Å². The molecular weight excluding hydrogens is 507 g/mol. The predicted octanol–water partition coefficient (Wildman–Crippen LogP) is 5.93. The fourth-order valence-corrected chi connectivity index (χ4v) is 10.0. The van der Waals surface area contributed by atoms with Gasteiger partial charge in [0.1, 0.15) is 23.2 Å². The number of rotatable bonds is 16. The van der Waals surface area contributed by atoms with Crippen LogP contribution in [0.15, 0.2) is 91.0 Å². The molecular formula is C33H46BrP. The molecule has 0 saturated carbocycles. The van der Waals surface area contributed by atoms with Crippen molar-refractivity contribution in [3.8, 4) is 0 Å². The first kappa shape index (κ1) is 29.8. The van der Waals surface area contributed by atoms with Crippen LogP contribution < -0.4 is 32.9 Å². The van der Waals surface area contributed by atoms with Crippen LogP contribution in [0.2, 0.25) is 0 Å². The van der Waals surface area contributed by atoms with Crippen LogP contribution in [-0.2, 0) is 0 Å². The fraction of sp³-hybridized carbons (Fsp3) is 0.455. The summed E-state index contributed by atoms with van der Waals surface area (Å²) in [6.07, 6.45) is 16.7.